The van der Waals surface area contributed by atoms with Crippen molar-refractivity contribution < 1.29 is 19.0 Å². The maximum absolute atomic E-state index is 13.9. The third-order valence-electron chi connectivity index (χ3n) is 7.03. The maximum atomic E-state index is 13.9. The molecule has 2 aliphatic heterocycles. The van der Waals surface area contributed by atoms with Crippen LogP contribution in [0.2, 0.25) is 10.0 Å². The first-order chi connectivity index (χ1) is 19.0. The summed E-state index contributed by atoms with van der Waals surface area (Å²) >= 11 is 12.7. The van der Waals surface area contributed by atoms with E-state index in [1.165, 1.54) is 0 Å². The highest BCUT2D eigenvalue weighted by Gasteiger charge is 2.28. The number of para-hydroxylation sites is 1. The Labute approximate surface area is 235 Å². The van der Waals surface area contributed by atoms with Gasteiger partial charge in [0, 0.05) is 52.9 Å². The van der Waals surface area contributed by atoms with Gasteiger partial charge in [-0.1, -0.05) is 41.4 Å². The van der Waals surface area contributed by atoms with Gasteiger partial charge in [0.05, 0.1) is 55.3 Å². The molecule has 2 aliphatic rings. The molecule has 4 aromatic rings. The molecule has 8 nitrogen and oxygen atoms in total. The molecular weight excluding hydrogens is 539 g/mol. The first-order valence-corrected chi connectivity index (χ1v) is 13.5. The van der Waals surface area contributed by atoms with Crippen molar-refractivity contribution >= 4 is 45.7 Å². The molecule has 6 rings (SSSR count). The molecule has 0 bridgehead atoms. The minimum atomic E-state index is -0.212. The third-order valence-corrected chi connectivity index (χ3v) is 7.47. The molecule has 0 spiro atoms. The lowest BCUT2D eigenvalue weighted by molar-refractivity contribution is 0.0923. The van der Waals surface area contributed by atoms with E-state index in [0.717, 1.165) is 28.0 Å². The maximum Gasteiger partial charge on any atom is 0.255 e. The normalized spacial score (nSPS) is 16.9. The number of carbonyl (C=O) groups is 1. The number of anilines is 1. The number of carbonyl (C=O) groups excluding carboxylic acids is 1. The molecule has 1 amide bonds. The molecule has 0 radical (unpaired) electrons. The highest BCUT2D eigenvalue weighted by atomic mass is 35.5. The van der Waals surface area contributed by atoms with Crippen LogP contribution in [-0.4, -0.2) is 55.9 Å². The first kappa shape index (κ1) is 25.7. The van der Waals surface area contributed by atoms with Crippen LogP contribution in [0.5, 0.6) is 11.6 Å². The number of hydrogen-bond acceptors (Lipinski definition) is 7. The Bertz CT molecular complexity index is 1540. The summed E-state index contributed by atoms with van der Waals surface area (Å²) < 4.78 is 17.0. The number of aromatic nitrogens is 2. The second kappa shape index (κ2) is 10.9. The van der Waals surface area contributed by atoms with Gasteiger partial charge in [0.15, 0.2) is 0 Å². The lowest BCUT2D eigenvalue weighted by atomic mass is 9.99. The zero-order chi connectivity index (χ0) is 26.9. The summed E-state index contributed by atoms with van der Waals surface area (Å²) in [5, 5.41) is 4.92. The molecule has 1 fully saturated rings. The average Bonchev–Trinajstić information content (AvgIpc) is 2.96. The number of morpholine rings is 1. The Morgan fingerprint density at radius 3 is 2.59 bits per heavy atom. The van der Waals surface area contributed by atoms with E-state index in [1.54, 1.807) is 37.7 Å². The molecule has 0 saturated carbocycles. The Morgan fingerprint density at radius 2 is 1.82 bits per heavy atom. The fourth-order valence-electron chi connectivity index (χ4n) is 5.26. The molecule has 200 valence electrons. The lowest BCUT2D eigenvalue weighted by Gasteiger charge is -2.32. The number of rotatable bonds is 5. The highest BCUT2D eigenvalue weighted by Crippen LogP contribution is 2.41. The number of benzene rings is 2. The number of amides is 1. The second-order valence-corrected chi connectivity index (χ2v) is 10.3. The number of fused-ring (bicyclic) bond motifs is 2. The van der Waals surface area contributed by atoms with Crippen molar-refractivity contribution in [1.29, 1.82) is 0 Å². The fraction of sp³-hybridized carbons (Fsp3) is 0.276. The highest BCUT2D eigenvalue weighted by molar-refractivity contribution is 6.35. The number of methoxy groups -OCH3 is 1. The van der Waals surface area contributed by atoms with Crippen LogP contribution in [0.15, 0.2) is 54.9 Å². The number of nitrogens with one attached hydrogen (secondary N) is 1. The van der Waals surface area contributed by atoms with Crippen LogP contribution in [0.3, 0.4) is 0 Å². The Morgan fingerprint density at radius 1 is 1.05 bits per heavy atom. The van der Waals surface area contributed by atoms with Crippen LogP contribution in [0.1, 0.15) is 28.4 Å². The van der Waals surface area contributed by atoms with Crippen LogP contribution in [0.4, 0.5) is 5.69 Å². The number of hydrogen-bond donors (Lipinski definition) is 1. The standard InChI is InChI=1S/C29H26Cl2N4O4/c1-37-29-25(17-12-18(30)14-19(31)13-17)26-21(15-33-29)27(35-7-10-38-11-8-35)22(16-32-26)28(36)34-23-6-9-39-24-5-3-2-4-20(23)24/h2-5,12-16,23H,6-11H2,1H3,(H,34,36)/t23-/m0/s1. The minimum absolute atomic E-state index is 0.172. The average molecular weight is 565 g/mol. The lowest BCUT2D eigenvalue weighted by Crippen LogP contribution is -2.39. The van der Waals surface area contributed by atoms with Gasteiger partial charge in [0.1, 0.15) is 5.75 Å². The molecule has 0 unspecified atom stereocenters. The van der Waals surface area contributed by atoms with Crippen molar-refractivity contribution in [3.05, 3.63) is 76.0 Å². The van der Waals surface area contributed by atoms with Crippen LogP contribution in [-0.2, 0) is 4.74 Å². The summed E-state index contributed by atoms with van der Waals surface area (Å²) in [5.41, 5.74) is 4.19. The summed E-state index contributed by atoms with van der Waals surface area (Å²) in [4.78, 5) is 25.4. The quantitative estimate of drug-likeness (QED) is 0.332. The summed E-state index contributed by atoms with van der Waals surface area (Å²) in [5.74, 6) is 0.966. The van der Waals surface area contributed by atoms with E-state index in [-0.39, 0.29) is 11.9 Å². The Hall–Kier alpha value is -3.59. The molecule has 10 heteroatoms. The van der Waals surface area contributed by atoms with Gasteiger partial charge in [0.25, 0.3) is 5.91 Å². The smallest absolute Gasteiger partial charge is 0.255 e. The largest absolute Gasteiger partial charge is 0.493 e. The number of nitrogens with zero attached hydrogens (tertiary/aromatic N) is 3. The van der Waals surface area contributed by atoms with E-state index in [2.05, 4.69) is 15.2 Å². The molecular formula is C29H26Cl2N4O4. The number of ether oxygens (including phenoxy) is 3. The van der Waals surface area contributed by atoms with Gasteiger partial charge in [0.2, 0.25) is 5.88 Å². The van der Waals surface area contributed by atoms with Crippen molar-refractivity contribution in [3.8, 4) is 22.8 Å². The predicted molar refractivity (Wildman–Crippen MR) is 151 cm³/mol. The van der Waals surface area contributed by atoms with E-state index in [0.29, 0.717) is 71.9 Å². The van der Waals surface area contributed by atoms with Crippen molar-refractivity contribution in [1.82, 2.24) is 15.3 Å². The van der Waals surface area contributed by atoms with Crippen molar-refractivity contribution in [2.45, 2.75) is 12.5 Å². The number of pyridine rings is 2. The van der Waals surface area contributed by atoms with Gasteiger partial charge in [-0.15, -0.1) is 0 Å². The van der Waals surface area contributed by atoms with Gasteiger partial charge in [-0.05, 0) is 29.8 Å². The summed E-state index contributed by atoms with van der Waals surface area (Å²) in [6.07, 6.45) is 4.01. The van der Waals surface area contributed by atoms with Crippen molar-refractivity contribution in [3.63, 3.8) is 0 Å². The van der Waals surface area contributed by atoms with E-state index < -0.39 is 0 Å². The number of halogens is 2. The molecule has 1 saturated heterocycles. The molecule has 1 N–H and O–H groups in total. The van der Waals surface area contributed by atoms with E-state index >= 15 is 0 Å². The van der Waals surface area contributed by atoms with Crippen LogP contribution < -0.4 is 19.7 Å². The topological polar surface area (TPSA) is 85.8 Å². The minimum Gasteiger partial charge on any atom is -0.493 e. The van der Waals surface area contributed by atoms with Gasteiger partial charge in [-0.3, -0.25) is 9.78 Å². The fourth-order valence-corrected chi connectivity index (χ4v) is 5.79. The Kier molecular flexibility index (Phi) is 7.16. The molecule has 0 aliphatic carbocycles. The SMILES string of the molecule is COc1ncc2c(N3CCOCC3)c(C(=O)N[C@H]3CCOc4ccccc43)cnc2c1-c1cc(Cl)cc(Cl)c1. The molecule has 39 heavy (non-hydrogen) atoms. The monoisotopic (exact) mass is 564 g/mol. The van der Waals surface area contributed by atoms with Gasteiger partial charge < -0.3 is 24.4 Å². The van der Waals surface area contributed by atoms with E-state index in [4.69, 9.17) is 42.4 Å². The Balaban J connectivity index is 1.49. The molecule has 4 heterocycles. The van der Waals surface area contributed by atoms with E-state index in [9.17, 15) is 4.79 Å². The zero-order valence-corrected chi connectivity index (χ0v) is 22.8. The predicted octanol–water partition coefficient (Wildman–Crippen LogP) is 5.70. The molecule has 2 aromatic heterocycles. The van der Waals surface area contributed by atoms with Crippen molar-refractivity contribution in [2.24, 2.45) is 0 Å². The molecule has 2 aromatic carbocycles. The summed E-state index contributed by atoms with van der Waals surface area (Å²) in [6.45, 7) is 2.90. The summed E-state index contributed by atoms with van der Waals surface area (Å²) in [7, 11) is 1.56. The van der Waals surface area contributed by atoms with Gasteiger partial charge >= 0.3 is 0 Å². The zero-order valence-electron chi connectivity index (χ0n) is 21.2. The third kappa shape index (κ3) is 4.95. The van der Waals surface area contributed by atoms with Gasteiger partial charge in [-0.25, -0.2) is 4.98 Å². The van der Waals surface area contributed by atoms with Crippen molar-refractivity contribution in [2.75, 3.05) is 44.9 Å². The van der Waals surface area contributed by atoms with Gasteiger partial charge in [-0.2, -0.15) is 0 Å². The summed E-state index contributed by atoms with van der Waals surface area (Å²) in [6, 6.07) is 12.9. The second-order valence-electron chi connectivity index (χ2n) is 9.38. The van der Waals surface area contributed by atoms with E-state index in [1.807, 2.05) is 24.3 Å². The van der Waals surface area contributed by atoms with Crippen LogP contribution in [0, 0.1) is 0 Å². The first-order valence-electron chi connectivity index (χ1n) is 12.7. The van der Waals surface area contributed by atoms with Crippen LogP contribution in [0.25, 0.3) is 22.0 Å². The molecule has 1 atom stereocenters. The van der Waals surface area contributed by atoms with Crippen LogP contribution >= 0.6 is 23.2 Å².